The standard InChI is InChI=1S/C34H37F4N7O4S/c1-34(2,3)49-33(46)43-16-14-42(15-17-43)24-6-7-29(27(35)20-24)45-21-26(31(40-45)22-8-10-39-11-9-22)25-18-23(32(37)38)19-28(30(25)36)41-50(47,48)44-12-4-5-13-44/h6-11,18-21,32,41H,4-5,12-17H2,1-3H3. The Balaban J connectivity index is 1.34. The molecule has 4 heterocycles. The molecule has 2 fully saturated rings. The number of amides is 1. The van der Waals surface area contributed by atoms with Gasteiger partial charge in [-0.3, -0.25) is 9.71 Å². The predicted octanol–water partition coefficient (Wildman–Crippen LogP) is 6.63. The lowest BCUT2D eigenvalue weighted by Crippen LogP contribution is -2.50. The van der Waals surface area contributed by atoms with Crippen molar-refractivity contribution in [2.24, 2.45) is 0 Å². The van der Waals surface area contributed by atoms with Crippen LogP contribution >= 0.6 is 0 Å². The van der Waals surface area contributed by atoms with E-state index in [1.54, 1.807) is 43.9 Å². The molecule has 0 aliphatic carbocycles. The number of nitrogens with one attached hydrogen (secondary N) is 1. The average molecular weight is 716 g/mol. The molecule has 2 aliphatic heterocycles. The smallest absolute Gasteiger partial charge is 0.410 e. The highest BCUT2D eigenvalue weighted by molar-refractivity contribution is 7.90. The first kappa shape index (κ1) is 35.1. The molecular formula is C34H37F4N7O4S. The third kappa shape index (κ3) is 7.55. The van der Waals surface area contributed by atoms with Crippen molar-refractivity contribution >= 4 is 27.7 Å². The van der Waals surface area contributed by atoms with Crippen molar-refractivity contribution in [3.8, 4) is 28.1 Å². The summed E-state index contributed by atoms with van der Waals surface area (Å²) in [6, 6.07) is 9.40. The van der Waals surface area contributed by atoms with Crippen LogP contribution in [0.2, 0.25) is 0 Å². The van der Waals surface area contributed by atoms with E-state index in [0.29, 0.717) is 50.3 Å². The topological polar surface area (TPSA) is 113 Å². The van der Waals surface area contributed by atoms with Gasteiger partial charge in [-0.05, 0) is 76.1 Å². The molecule has 1 amide bonds. The van der Waals surface area contributed by atoms with Gasteiger partial charge in [-0.25, -0.2) is 27.0 Å². The van der Waals surface area contributed by atoms with Crippen LogP contribution in [0.5, 0.6) is 0 Å². The number of benzene rings is 2. The molecule has 11 nitrogen and oxygen atoms in total. The Hall–Kier alpha value is -4.70. The van der Waals surface area contributed by atoms with Crippen LogP contribution in [0.1, 0.15) is 45.6 Å². The summed E-state index contributed by atoms with van der Waals surface area (Å²) in [5.41, 5.74) is -1.05. The Morgan fingerprint density at radius 3 is 2.22 bits per heavy atom. The maximum atomic E-state index is 16.3. The zero-order valence-corrected chi connectivity index (χ0v) is 28.6. The van der Waals surface area contributed by atoms with Crippen molar-refractivity contribution in [3.63, 3.8) is 0 Å². The van der Waals surface area contributed by atoms with Crippen LogP contribution in [0.4, 0.5) is 33.7 Å². The Morgan fingerprint density at radius 1 is 0.920 bits per heavy atom. The highest BCUT2D eigenvalue weighted by Gasteiger charge is 2.30. The molecule has 4 aromatic rings. The maximum absolute atomic E-state index is 16.3. The summed E-state index contributed by atoms with van der Waals surface area (Å²) in [6.45, 7) is 7.49. The van der Waals surface area contributed by atoms with E-state index >= 15 is 8.78 Å². The minimum Gasteiger partial charge on any atom is -0.444 e. The van der Waals surface area contributed by atoms with Crippen LogP contribution < -0.4 is 9.62 Å². The molecular weight excluding hydrogens is 678 g/mol. The summed E-state index contributed by atoms with van der Waals surface area (Å²) >= 11 is 0. The van der Waals surface area contributed by atoms with Crippen molar-refractivity contribution < 1.29 is 35.5 Å². The van der Waals surface area contributed by atoms with E-state index in [-0.39, 0.29) is 35.6 Å². The van der Waals surface area contributed by atoms with Crippen molar-refractivity contribution in [2.45, 2.75) is 45.6 Å². The van der Waals surface area contributed by atoms with Gasteiger partial charge < -0.3 is 14.5 Å². The monoisotopic (exact) mass is 715 g/mol. The largest absolute Gasteiger partial charge is 0.444 e. The fraction of sp³-hybridized carbons (Fsp3) is 0.382. The lowest BCUT2D eigenvalue weighted by atomic mass is 9.99. The molecule has 0 saturated carbocycles. The second-order valence-electron chi connectivity index (χ2n) is 13.1. The van der Waals surface area contributed by atoms with Crippen molar-refractivity contribution in [3.05, 3.63) is 78.3 Å². The number of piperazine rings is 1. The second-order valence-corrected chi connectivity index (χ2v) is 14.8. The first-order chi connectivity index (χ1) is 23.7. The highest BCUT2D eigenvalue weighted by atomic mass is 32.2. The lowest BCUT2D eigenvalue weighted by Gasteiger charge is -2.36. The van der Waals surface area contributed by atoms with Crippen molar-refractivity contribution in [2.75, 3.05) is 48.9 Å². The highest BCUT2D eigenvalue weighted by Crippen LogP contribution is 2.39. The predicted molar refractivity (Wildman–Crippen MR) is 180 cm³/mol. The molecule has 0 spiro atoms. The third-order valence-electron chi connectivity index (χ3n) is 8.42. The van der Waals surface area contributed by atoms with Gasteiger partial charge in [-0.1, -0.05) is 0 Å². The van der Waals surface area contributed by atoms with Gasteiger partial charge in [0, 0.05) is 85.8 Å². The molecule has 2 saturated heterocycles. The van der Waals surface area contributed by atoms with E-state index in [2.05, 4.69) is 14.8 Å². The quantitative estimate of drug-likeness (QED) is 0.204. The number of ether oxygens (including phenoxy) is 1. The zero-order chi connectivity index (χ0) is 35.8. The molecule has 2 aromatic carbocycles. The van der Waals surface area contributed by atoms with Crippen LogP contribution in [-0.2, 0) is 14.9 Å². The summed E-state index contributed by atoms with van der Waals surface area (Å²) in [5.74, 6) is -1.75. The van der Waals surface area contributed by atoms with Gasteiger partial charge in [0.15, 0.2) is 11.6 Å². The number of halogens is 4. The van der Waals surface area contributed by atoms with Crippen LogP contribution in [-0.4, -0.2) is 83.4 Å². The molecule has 2 aromatic heterocycles. The van der Waals surface area contributed by atoms with Crippen LogP contribution in [0.3, 0.4) is 0 Å². The Morgan fingerprint density at radius 2 is 1.60 bits per heavy atom. The summed E-state index contributed by atoms with van der Waals surface area (Å²) in [6.07, 6.45) is 2.05. The first-order valence-corrected chi connectivity index (χ1v) is 17.6. The van der Waals surface area contributed by atoms with Gasteiger partial charge in [-0.15, -0.1) is 0 Å². The van der Waals surface area contributed by atoms with E-state index < -0.39 is 51.2 Å². The molecule has 2 aliphatic rings. The lowest BCUT2D eigenvalue weighted by molar-refractivity contribution is 0.0240. The van der Waals surface area contributed by atoms with Gasteiger partial charge in [0.05, 0.1) is 5.69 Å². The zero-order valence-electron chi connectivity index (χ0n) is 27.7. The average Bonchev–Trinajstić information content (AvgIpc) is 3.77. The van der Waals surface area contributed by atoms with Gasteiger partial charge in [-0.2, -0.15) is 17.8 Å². The molecule has 0 radical (unpaired) electrons. The van der Waals surface area contributed by atoms with E-state index in [9.17, 15) is 22.0 Å². The number of hydrogen-bond acceptors (Lipinski definition) is 7. The molecule has 266 valence electrons. The number of rotatable bonds is 8. The fourth-order valence-corrected chi connectivity index (χ4v) is 7.24. The molecule has 16 heteroatoms. The number of carbonyl (C=O) groups is 1. The normalized spacial score (nSPS) is 15.9. The minimum atomic E-state index is -4.22. The summed E-state index contributed by atoms with van der Waals surface area (Å²) < 4.78 is 96.4. The summed E-state index contributed by atoms with van der Waals surface area (Å²) in [5, 5.41) is 4.55. The van der Waals surface area contributed by atoms with Crippen LogP contribution in [0, 0.1) is 11.6 Å². The Kier molecular flexibility index (Phi) is 9.77. The van der Waals surface area contributed by atoms with Gasteiger partial charge in [0.2, 0.25) is 0 Å². The fourth-order valence-electron chi connectivity index (χ4n) is 5.94. The van der Waals surface area contributed by atoms with E-state index in [1.165, 1.54) is 35.4 Å². The van der Waals surface area contributed by atoms with Crippen LogP contribution in [0.15, 0.2) is 61.1 Å². The number of alkyl halides is 2. The number of pyridine rings is 1. The molecule has 0 bridgehead atoms. The number of hydrogen-bond donors (Lipinski definition) is 1. The molecule has 50 heavy (non-hydrogen) atoms. The van der Waals surface area contributed by atoms with Crippen LogP contribution in [0.25, 0.3) is 28.1 Å². The molecule has 6 rings (SSSR count). The molecule has 0 atom stereocenters. The molecule has 1 N–H and O–H groups in total. The summed E-state index contributed by atoms with van der Waals surface area (Å²) in [7, 11) is -4.22. The number of nitrogens with zero attached hydrogens (tertiary/aromatic N) is 6. The minimum absolute atomic E-state index is 0.00285. The number of aromatic nitrogens is 3. The van der Waals surface area contributed by atoms with Gasteiger partial charge in [0.1, 0.15) is 17.0 Å². The van der Waals surface area contributed by atoms with E-state index in [0.717, 1.165) is 16.4 Å². The Bertz CT molecular complexity index is 1970. The maximum Gasteiger partial charge on any atom is 0.410 e. The Labute approximate surface area is 287 Å². The van der Waals surface area contributed by atoms with Gasteiger partial charge in [0.25, 0.3) is 6.43 Å². The number of carbonyl (C=O) groups excluding carboxylic acids is 1. The summed E-state index contributed by atoms with van der Waals surface area (Å²) in [4.78, 5) is 20.0. The van der Waals surface area contributed by atoms with E-state index in [1.807, 2.05) is 4.90 Å². The SMILES string of the molecule is CC(C)(C)OC(=O)N1CCN(c2ccc(-n3cc(-c4cc(C(F)F)cc(NS(=O)(=O)N5CCCC5)c4F)c(-c4ccncc4)n3)c(F)c2)CC1. The van der Waals surface area contributed by atoms with Crippen molar-refractivity contribution in [1.82, 2.24) is 24.0 Å². The molecule has 0 unspecified atom stereocenters. The third-order valence-corrected chi connectivity index (χ3v) is 9.95. The second kappa shape index (κ2) is 13.9. The first-order valence-electron chi connectivity index (χ1n) is 16.1. The van der Waals surface area contributed by atoms with E-state index in [4.69, 9.17) is 4.74 Å². The van der Waals surface area contributed by atoms with Crippen molar-refractivity contribution in [1.29, 1.82) is 0 Å². The number of anilines is 2. The van der Waals surface area contributed by atoms with Gasteiger partial charge >= 0.3 is 16.3 Å².